The lowest BCUT2D eigenvalue weighted by molar-refractivity contribution is 0.586. The van der Waals surface area contributed by atoms with E-state index in [1.807, 2.05) is 0 Å². The minimum absolute atomic E-state index is 0.145. The second kappa shape index (κ2) is 10.1. The number of aryl methyl sites for hydroxylation is 2. The molecule has 166 valence electrons. The molecule has 0 saturated heterocycles. The molecule has 0 saturated carbocycles. The largest absolute Gasteiger partial charge is 0.122 e. The number of halogens is 2. The monoisotopic (exact) mass is 446 g/mol. The van der Waals surface area contributed by atoms with Gasteiger partial charge in [-0.15, -0.1) is 23.2 Å². The molecule has 0 radical (unpaired) electrons. The van der Waals surface area contributed by atoms with Crippen molar-refractivity contribution >= 4 is 23.2 Å². The Morgan fingerprint density at radius 3 is 1.13 bits per heavy atom. The smallest absolute Gasteiger partial charge is 0.0476 e. The molecule has 0 nitrogen and oxygen atoms in total. The van der Waals surface area contributed by atoms with Gasteiger partial charge in [0.15, 0.2) is 0 Å². The van der Waals surface area contributed by atoms with Gasteiger partial charge in [0.05, 0.1) is 0 Å². The van der Waals surface area contributed by atoms with E-state index < -0.39 is 0 Å². The molecule has 0 aromatic heterocycles. The van der Waals surface area contributed by atoms with Crippen molar-refractivity contribution in [2.24, 2.45) is 0 Å². The molecule has 2 aromatic rings. The molecule has 0 spiro atoms. The van der Waals surface area contributed by atoms with Crippen LogP contribution in [0.25, 0.3) is 0 Å². The molecule has 0 aliphatic heterocycles. The number of benzene rings is 2. The van der Waals surface area contributed by atoms with Crippen LogP contribution < -0.4 is 0 Å². The first-order valence-corrected chi connectivity index (χ1v) is 12.3. The summed E-state index contributed by atoms with van der Waals surface area (Å²) in [7, 11) is 0. The van der Waals surface area contributed by atoms with Crippen LogP contribution in [0.2, 0.25) is 0 Å². The highest BCUT2D eigenvalue weighted by atomic mass is 35.5. The van der Waals surface area contributed by atoms with Gasteiger partial charge in [0, 0.05) is 11.8 Å². The average Bonchev–Trinajstić information content (AvgIpc) is 2.65. The quantitative estimate of drug-likeness (QED) is 0.293. The Morgan fingerprint density at radius 2 is 0.867 bits per heavy atom. The Hall–Kier alpha value is -0.980. The van der Waals surface area contributed by atoms with Crippen molar-refractivity contribution in [2.45, 2.75) is 104 Å². The van der Waals surface area contributed by atoms with E-state index in [9.17, 15) is 0 Å². The van der Waals surface area contributed by atoms with Crippen molar-refractivity contribution in [1.29, 1.82) is 0 Å². The number of rotatable bonds is 7. The van der Waals surface area contributed by atoms with Gasteiger partial charge in [0.1, 0.15) is 0 Å². The van der Waals surface area contributed by atoms with E-state index in [-0.39, 0.29) is 10.8 Å². The Labute approximate surface area is 195 Å². The van der Waals surface area contributed by atoms with Gasteiger partial charge < -0.3 is 0 Å². The van der Waals surface area contributed by atoms with Crippen LogP contribution in [0.1, 0.15) is 98.9 Å². The van der Waals surface area contributed by atoms with Gasteiger partial charge in [0.25, 0.3) is 0 Å². The molecule has 2 rings (SSSR count). The van der Waals surface area contributed by atoms with Crippen molar-refractivity contribution in [3.05, 3.63) is 68.8 Å². The predicted octanol–water partition coefficient (Wildman–Crippen LogP) is 8.94. The zero-order valence-electron chi connectivity index (χ0n) is 20.3. The number of hydrogen-bond donors (Lipinski definition) is 0. The lowest BCUT2D eigenvalue weighted by Gasteiger charge is -2.23. The van der Waals surface area contributed by atoms with E-state index in [2.05, 4.69) is 79.7 Å². The van der Waals surface area contributed by atoms with E-state index in [1.165, 1.54) is 57.3 Å². The summed E-state index contributed by atoms with van der Waals surface area (Å²) in [6.45, 7) is 18.1. The summed E-state index contributed by atoms with van der Waals surface area (Å²) < 4.78 is 0. The molecular formula is C28H40Cl2. The van der Waals surface area contributed by atoms with Crippen molar-refractivity contribution in [2.75, 3.05) is 0 Å². The molecule has 30 heavy (non-hydrogen) atoms. The molecule has 0 N–H and O–H groups in total. The first-order valence-electron chi connectivity index (χ1n) is 11.3. The van der Waals surface area contributed by atoms with Gasteiger partial charge >= 0.3 is 0 Å². The molecule has 0 heterocycles. The molecular weight excluding hydrogens is 407 g/mol. The van der Waals surface area contributed by atoms with Crippen LogP contribution in [0.4, 0.5) is 0 Å². The highest BCUT2D eigenvalue weighted by molar-refractivity contribution is 6.17. The van der Waals surface area contributed by atoms with E-state index in [4.69, 9.17) is 23.2 Å². The SMILES string of the molecule is Cc1c(CCl)cc(C(C)(C)C)cc1CCCCc1cc(C(C)(C)C)cc(CCl)c1C. The Morgan fingerprint density at radius 1 is 0.567 bits per heavy atom. The topological polar surface area (TPSA) is 0 Å². The molecule has 0 aliphatic carbocycles. The molecule has 0 bridgehead atoms. The van der Waals surface area contributed by atoms with Crippen molar-refractivity contribution in [3.63, 3.8) is 0 Å². The fraction of sp³-hybridized carbons (Fsp3) is 0.571. The second-order valence-electron chi connectivity index (χ2n) is 10.8. The lowest BCUT2D eigenvalue weighted by atomic mass is 9.82. The molecule has 2 aromatic carbocycles. The maximum absolute atomic E-state index is 6.25. The Balaban J connectivity index is 2.16. The summed E-state index contributed by atoms with van der Waals surface area (Å²) in [5.74, 6) is 1.17. The maximum Gasteiger partial charge on any atom is 0.0476 e. The number of alkyl halides is 2. The first-order chi connectivity index (χ1) is 13.9. The molecule has 0 aliphatic rings. The molecule has 0 atom stereocenters. The minimum atomic E-state index is 0.145. The average molecular weight is 448 g/mol. The van der Waals surface area contributed by atoms with E-state index in [0.29, 0.717) is 11.8 Å². The summed E-state index contributed by atoms with van der Waals surface area (Å²) >= 11 is 12.5. The highest BCUT2D eigenvalue weighted by Crippen LogP contribution is 2.30. The van der Waals surface area contributed by atoms with Crippen LogP contribution >= 0.6 is 23.2 Å². The predicted molar refractivity (Wildman–Crippen MR) is 136 cm³/mol. The van der Waals surface area contributed by atoms with Crippen LogP contribution in [0.5, 0.6) is 0 Å². The third-order valence-electron chi connectivity index (χ3n) is 6.41. The van der Waals surface area contributed by atoms with E-state index in [0.717, 1.165) is 12.8 Å². The Bertz CT molecular complexity index is 790. The van der Waals surface area contributed by atoms with Gasteiger partial charge in [-0.3, -0.25) is 0 Å². The summed E-state index contributed by atoms with van der Waals surface area (Å²) in [6, 6.07) is 9.40. The fourth-order valence-electron chi connectivity index (χ4n) is 3.97. The van der Waals surface area contributed by atoms with Gasteiger partial charge in [-0.25, -0.2) is 0 Å². The fourth-order valence-corrected chi connectivity index (χ4v) is 4.53. The maximum atomic E-state index is 6.25. The third-order valence-corrected chi connectivity index (χ3v) is 6.98. The summed E-state index contributed by atoms with van der Waals surface area (Å²) in [6.07, 6.45) is 4.59. The van der Waals surface area contributed by atoms with Crippen molar-refractivity contribution in [3.8, 4) is 0 Å². The van der Waals surface area contributed by atoms with Crippen LogP contribution in [0.3, 0.4) is 0 Å². The highest BCUT2D eigenvalue weighted by Gasteiger charge is 2.18. The minimum Gasteiger partial charge on any atom is -0.122 e. The normalized spacial score (nSPS) is 12.5. The number of hydrogen-bond acceptors (Lipinski definition) is 0. The van der Waals surface area contributed by atoms with Gasteiger partial charge in [0.2, 0.25) is 0 Å². The van der Waals surface area contributed by atoms with Gasteiger partial charge in [-0.1, -0.05) is 65.8 Å². The Kier molecular flexibility index (Phi) is 8.51. The zero-order valence-corrected chi connectivity index (χ0v) is 21.8. The standard InChI is InChI=1S/C28H40Cl2/c1-19-21(13-25(27(3,4)5)15-23(19)17-29)11-9-10-12-22-14-26(28(6,7)8)16-24(18-30)20(22)2/h13-16H,9-12,17-18H2,1-8H3. The van der Waals surface area contributed by atoms with Crippen LogP contribution in [0, 0.1) is 13.8 Å². The second-order valence-corrected chi connectivity index (χ2v) is 11.3. The van der Waals surface area contributed by atoms with Crippen molar-refractivity contribution < 1.29 is 0 Å². The van der Waals surface area contributed by atoms with Crippen LogP contribution in [0.15, 0.2) is 24.3 Å². The number of unbranched alkanes of at least 4 members (excludes halogenated alkanes) is 1. The molecule has 0 unspecified atom stereocenters. The van der Waals surface area contributed by atoms with Crippen molar-refractivity contribution in [1.82, 2.24) is 0 Å². The summed E-state index contributed by atoms with van der Waals surface area (Å²) in [5, 5.41) is 0. The van der Waals surface area contributed by atoms with Crippen LogP contribution in [-0.2, 0) is 35.4 Å². The van der Waals surface area contributed by atoms with E-state index in [1.54, 1.807) is 0 Å². The van der Waals surface area contributed by atoms with Crippen LogP contribution in [-0.4, -0.2) is 0 Å². The summed E-state index contributed by atoms with van der Waals surface area (Å²) in [5.41, 5.74) is 11.3. The lowest BCUT2D eigenvalue weighted by Crippen LogP contribution is -2.13. The molecule has 2 heteroatoms. The van der Waals surface area contributed by atoms with Gasteiger partial charge in [-0.2, -0.15) is 0 Å². The van der Waals surface area contributed by atoms with E-state index >= 15 is 0 Å². The third kappa shape index (κ3) is 6.27. The summed E-state index contributed by atoms with van der Waals surface area (Å²) in [4.78, 5) is 0. The molecule has 0 amide bonds. The van der Waals surface area contributed by atoms with Gasteiger partial charge in [-0.05, 0) is 94.9 Å². The molecule has 0 fully saturated rings. The zero-order chi connectivity index (χ0) is 22.7. The first kappa shape index (κ1) is 25.3.